The van der Waals surface area contributed by atoms with E-state index in [9.17, 15) is 0 Å². The van der Waals surface area contributed by atoms with Crippen LogP contribution in [-0.2, 0) is 19.3 Å². The van der Waals surface area contributed by atoms with Gasteiger partial charge in [-0.05, 0) is 49.4 Å². The zero-order valence-corrected chi connectivity index (χ0v) is 11.5. The van der Waals surface area contributed by atoms with Gasteiger partial charge in [0.15, 0.2) is 0 Å². The second kappa shape index (κ2) is 5.57. The van der Waals surface area contributed by atoms with Gasteiger partial charge in [-0.15, -0.1) is 0 Å². The summed E-state index contributed by atoms with van der Waals surface area (Å²) in [4.78, 5) is 0. The van der Waals surface area contributed by atoms with Crippen LogP contribution < -0.4 is 5.32 Å². The molecule has 2 aromatic rings. The van der Waals surface area contributed by atoms with Crippen LogP contribution in [0.2, 0.25) is 0 Å². The first-order valence-electron chi connectivity index (χ1n) is 7.17. The van der Waals surface area contributed by atoms with E-state index in [4.69, 9.17) is 0 Å². The highest BCUT2D eigenvalue weighted by atomic mass is 15.1. The Balaban J connectivity index is 1.91. The van der Waals surface area contributed by atoms with Crippen LogP contribution in [0.25, 0.3) is 11.1 Å². The van der Waals surface area contributed by atoms with Crippen molar-refractivity contribution >= 4 is 0 Å². The molecule has 19 heavy (non-hydrogen) atoms. The van der Waals surface area contributed by atoms with Crippen molar-refractivity contribution in [1.29, 1.82) is 0 Å². The van der Waals surface area contributed by atoms with Crippen molar-refractivity contribution in [3.8, 4) is 11.1 Å². The molecule has 0 atom stereocenters. The van der Waals surface area contributed by atoms with Crippen LogP contribution in [0, 0.1) is 0 Å². The van der Waals surface area contributed by atoms with E-state index >= 15 is 0 Å². The van der Waals surface area contributed by atoms with Crippen LogP contribution in [-0.4, -0.2) is 23.8 Å². The molecule has 0 aliphatic heterocycles. The Hall–Kier alpha value is -1.61. The molecular formula is C16H21N3. The van der Waals surface area contributed by atoms with Crippen molar-refractivity contribution in [1.82, 2.24) is 15.5 Å². The highest BCUT2D eigenvalue weighted by Gasteiger charge is 2.12. The molecule has 0 fully saturated rings. The van der Waals surface area contributed by atoms with E-state index in [0.717, 1.165) is 13.0 Å². The van der Waals surface area contributed by atoms with Crippen LogP contribution >= 0.6 is 0 Å². The molecule has 100 valence electrons. The molecule has 1 aromatic carbocycles. The van der Waals surface area contributed by atoms with Crippen LogP contribution in [0.3, 0.4) is 0 Å². The number of nitrogens with one attached hydrogen (secondary N) is 2. The van der Waals surface area contributed by atoms with Gasteiger partial charge in [0.1, 0.15) is 0 Å². The molecule has 0 saturated carbocycles. The number of aromatic amines is 1. The topological polar surface area (TPSA) is 40.7 Å². The summed E-state index contributed by atoms with van der Waals surface area (Å²) in [5.74, 6) is 0. The Kier molecular flexibility index (Phi) is 3.65. The third-order valence-corrected chi connectivity index (χ3v) is 4.00. The van der Waals surface area contributed by atoms with Crippen molar-refractivity contribution in [2.45, 2.75) is 32.1 Å². The molecule has 1 aromatic heterocycles. The quantitative estimate of drug-likeness (QED) is 0.882. The summed E-state index contributed by atoms with van der Waals surface area (Å²) in [7, 11) is 1.98. The number of rotatable bonds is 4. The number of benzene rings is 1. The van der Waals surface area contributed by atoms with Crippen LogP contribution in [0.15, 0.2) is 24.4 Å². The molecule has 3 heteroatoms. The third kappa shape index (κ3) is 2.56. The number of H-pyrrole nitrogens is 1. The predicted octanol–water partition coefficient (Wildman–Crippen LogP) is 2.72. The minimum absolute atomic E-state index is 0.972. The summed E-state index contributed by atoms with van der Waals surface area (Å²) in [5, 5.41) is 10.5. The number of hydrogen-bond donors (Lipinski definition) is 2. The van der Waals surface area contributed by atoms with Gasteiger partial charge in [-0.1, -0.05) is 18.2 Å². The maximum Gasteiger partial charge on any atom is 0.0568 e. The van der Waals surface area contributed by atoms with Crippen LogP contribution in [0.5, 0.6) is 0 Å². The predicted molar refractivity (Wildman–Crippen MR) is 78.3 cm³/mol. The maximum absolute atomic E-state index is 4.21. The molecule has 3 rings (SSSR count). The van der Waals surface area contributed by atoms with E-state index in [-0.39, 0.29) is 0 Å². The van der Waals surface area contributed by atoms with Gasteiger partial charge in [0.05, 0.1) is 6.20 Å². The molecule has 0 spiro atoms. The normalized spacial score (nSPS) is 14.4. The summed E-state index contributed by atoms with van der Waals surface area (Å²) < 4.78 is 0. The van der Waals surface area contributed by atoms with Crippen molar-refractivity contribution in [3.63, 3.8) is 0 Å². The molecule has 0 bridgehead atoms. The van der Waals surface area contributed by atoms with E-state index in [0.29, 0.717) is 0 Å². The highest BCUT2D eigenvalue weighted by Crippen LogP contribution is 2.28. The molecule has 0 radical (unpaired) electrons. The van der Waals surface area contributed by atoms with Crippen molar-refractivity contribution in [3.05, 3.63) is 41.2 Å². The lowest BCUT2D eigenvalue weighted by Crippen LogP contribution is -2.11. The number of hydrogen-bond acceptors (Lipinski definition) is 2. The SMILES string of the molecule is CNCCc1[nH]ncc1-c1ccc2c(c1)CCCC2. The number of nitrogens with zero attached hydrogens (tertiary/aromatic N) is 1. The summed E-state index contributed by atoms with van der Waals surface area (Å²) in [6, 6.07) is 6.92. The summed E-state index contributed by atoms with van der Waals surface area (Å²) in [5.41, 5.74) is 6.86. The smallest absolute Gasteiger partial charge is 0.0568 e. The van der Waals surface area contributed by atoms with E-state index in [2.05, 4.69) is 33.7 Å². The van der Waals surface area contributed by atoms with Gasteiger partial charge in [0.25, 0.3) is 0 Å². The number of fused-ring (bicyclic) bond motifs is 1. The Morgan fingerprint density at radius 3 is 2.89 bits per heavy atom. The van der Waals surface area contributed by atoms with E-state index in [1.165, 1.54) is 53.6 Å². The summed E-state index contributed by atoms with van der Waals surface area (Å²) in [6.45, 7) is 0.972. The average Bonchev–Trinajstić information content (AvgIpc) is 2.93. The zero-order valence-electron chi connectivity index (χ0n) is 11.5. The van der Waals surface area contributed by atoms with E-state index in [1.807, 2.05) is 13.2 Å². The number of aryl methyl sites for hydroxylation is 2. The Morgan fingerprint density at radius 2 is 2.05 bits per heavy atom. The first-order chi connectivity index (χ1) is 9.38. The monoisotopic (exact) mass is 255 g/mol. The molecule has 0 unspecified atom stereocenters. The van der Waals surface area contributed by atoms with Crippen molar-refractivity contribution in [2.75, 3.05) is 13.6 Å². The fraction of sp³-hybridized carbons (Fsp3) is 0.438. The Labute approximate surface area is 114 Å². The van der Waals surface area contributed by atoms with Gasteiger partial charge in [-0.3, -0.25) is 5.10 Å². The Bertz CT molecular complexity index is 557. The summed E-state index contributed by atoms with van der Waals surface area (Å²) in [6.07, 6.45) is 8.08. The molecule has 2 N–H and O–H groups in total. The second-order valence-electron chi connectivity index (χ2n) is 5.31. The van der Waals surface area contributed by atoms with Crippen LogP contribution in [0.4, 0.5) is 0 Å². The lowest BCUT2D eigenvalue weighted by molar-refractivity contribution is 0.686. The van der Waals surface area contributed by atoms with Gasteiger partial charge in [-0.2, -0.15) is 5.10 Å². The first-order valence-corrected chi connectivity index (χ1v) is 7.17. The molecule has 0 amide bonds. The molecule has 0 saturated heterocycles. The van der Waals surface area contributed by atoms with Gasteiger partial charge < -0.3 is 5.32 Å². The van der Waals surface area contributed by atoms with Gasteiger partial charge >= 0.3 is 0 Å². The lowest BCUT2D eigenvalue weighted by Gasteiger charge is -2.16. The maximum atomic E-state index is 4.21. The lowest BCUT2D eigenvalue weighted by atomic mass is 9.89. The second-order valence-corrected chi connectivity index (χ2v) is 5.31. The highest BCUT2D eigenvalue weighted by molar-refractivity contribution is 5.66. The zero-order chi connectivity index (χ0) is 13.1. The van der Waals surface area contributed by atoms with Gasteiger partial charge in [0.2, 0.25) is 0 Å². The van der Waals surface area contributed by atoms with Crippen molar-refractivity contribution < 1.29 is 0 Å². The third-order valence-electron chi connectivity index (χ3n) is 4.00. The van der Waals surface area contributed by atoms with Gasteiger partial charge in [0, 0.05) is 24.2 Å². The molecule has 3 nitrogen and oxygen atoms in total. The fourth-order valence-corrected chi connectivity index (χ4v) is 2.90. The Morgan fingerprint density at radius 1 is 1.21 bits per heavy atom. The van der Waals surface area contributed by atoms with Crippen LogP contribution in [0.1, 0.15) is 29.7 Å². The largest absolute Gasteiger partial charge is 0.319 e. The minimum Gasteiger partial charge on any atom is -0.319 e. The number of likely N-dealkylation sites (N-methyl/N-ethyl adjacent to an activating group) is 1. The molecular weight excluding hydrogens is 234 g/mol. The molecule has 1 heterocycles. The molecule has 1 aliphatic rings. The first kappa shape index (κ1) is 12.4. The molecule has 1 aliphatic carbocycles. The van der Waals surface area contributed by atoms with Gasteiger partial charge in [-0.25, -0.2) is 0 Å². The van der Waals surface area contributed by atoms with E-state index < -0.39 is 0 Å². The van der Waals surface area contributed by atoms with Crippen molar-refractivity contribution in [2.24, 2.45) is 0 Å². The standard InChI is InChI=1S/C16H21N3/c1-17-9-8-16-15(11-18-19-16)14-7-6-12-4-2-3-5-13(12)10-14/h6-7,10-11,17H,2-5,8-9H2,1H3,(H,18,19). The number of aromatic nitrogens is 2. The average molecular weight is 255 g/mol. The minimum atomic E-state index is 0.972. The summed E-state index contributed by atoms with van der Waals surface area (Å²) >= 11 is 0. The fourth-order valence-electron chi connectivity index (χ4n) is 2.90. The van der Waals surface area contributed by atoms with E-state index in [1.54, 1.807) is 0 Å².